The minimum Gasteiger partial charge on any atom is -0.496 e. The maximum atomic E-state index is 5.44. The van der Waals surface area contributed by atoms with Gasteiger partial charge in [-0.25, -0.2) is 4.98 Å². The molecule has 3 aromatic rings. The summed E-state index contributed by atoms with van der Waals surface area (Å²) in [4.78, 5) is 14.1. The molecule has 1 aromatic heterocycles. The predicted octanol–water partition coefficient (Wildman–Crippen LogP) is 3.73. The number of rotatable bonds is 6. The lowest BCUT2D eigenvalue weighted by atomic mass is 10.2. The predicted molar refractivity (Wildman–Crippen MR) is 118 cm³/mol. The van der Waals surface area contributed by atoms with E-state index in [0.717, 1.165) is 55.0 Å². The first kappa shape index (κ1) is 19.1. The molecule has 0 radical (unpaired) electrons. The van der Waals surface area contributed by atoms with Gasteiger partial charge in [0.25, 0.3) is 0 Å². The molecule has 1 fully saturated rings. The molecule has 150 valence electrons. The van der Waals surface area contributed by atoms with Crippen LogP contribution in [0.25, 0.3) is 0 Å². The number of hydrogen-bond acceptors (Lipinski definition) is 6. The van der Waals surface area contributed by atoms with E-state index in [2.05, 4.69) is 56.5 Å². The third kappa shape index (κ3) is 4.59. The quantitative estimate of drug-likeness (QED) is 0.693. The molecule has 1 saturated heterocycles. The molecule has 0 aliphatic carbocycles. The van der Waals surface area contributed by atoms with Crippen molar-refractivity contribution in [3.63, 3.8) is 0 Å². The molecule has 0 saturated carbocycles. The number of aromatic nitrogens is 2. The van der Waals surface area contributed by atoms with Crippen LogP contribution < -0.4 is 19.9 Å². The number of aryl methyl sites for hydroxylation is 1. The minimum atomic E-state index is 0.654. The van der Waals surface area contributed by atoms with Crippen molar-refractivity contribution in [3.05, 3.63) is 71.9 Å². The standard InChI is InChI=1S/C23H27N5O/c1-18-16-22(24-17-19-8-6-7-11-21(19)29-2)26-23(25-18)28-14-12-27(13-15-28)20-9-4-3-5-10-20/h3-11,16H,12-15,17H2,1-2H3,(H,24,25,26). The van der Waals surface area contributed by atoms with E-state index in [4.69, 9.17) is 9.72 Å². The van der Waals surface area contributed by atoms with Crippen molar-refractivity contribution >= 4 is 17.5 Å². The lowest BCUT2D eigenvalue weighted by Gasteiger charge is -2.36. The number of ether oxygens (including phenoxy) is 1. The van der Waals surface area contributed by atoms with Gasteiger partial charge in [0.2, 0.25) is 5.95 Å². The Hall–Kier alpha value is -3.28. The van der Waals surface area contributed by atoms with E-state index in [1.165, 1.54) is 5.69 Å². The average Bonchev–Trinajstić information content (AvgIpc) is 2.78. The van der Waals surface area contributed by atoms with Crippen LogP contribution in [0.15, 0.2) is 60.7 Å². The topological polar surface area (TPSA) is 53.5 Å². The van der Waals surface area contributed by atoms with E-state index < -0.39 is 0 Å². The largest absolute Gasteiger partial charge is 0.496 e. The number of piperazine rings is 1. The number of anilines is 3. The molecule has 0 spiro atoms. The number of benzene rings is 2. The van der Waals surface area contributed by atoms with Gasteiger partial charge in [0.15, 0.2) is 0 Å². The Kier molecular flexibility index (Phi) is 5.79. The van der Waals surface area contributed by atoms with Crippen LogP contribution in [0.5, 0.6) is 5.75 Å². The van der Waals surface area contributed by atoms with Gasteiger partial charge in [0.1, 0.15) is 11.6 Å². The van der Waals surface area contributed by atoms with Crippen LogP contribution in [-0.4, -0.2) is 43.3 Å². The molecule has 0 atom stereocenters. The maximum Gasteiger partial charge on any atom is 0.227 e. The zero-order valence-corrected chi connectivity index (χ0v) is 17.0. The lowest BCUT2D eigenvalue weighted by molar-refractivity contribution is 0.410. The van der Waals surface area contributed by atoms with Gasteiger partial charge >= 0.3 is 0 Å². The Morgan fingerprint density at radius 2 is 1.59 bits per heavy atom. The number of hydrogen-bond donors (Lipinski definition) is 1. The summed E-state index contributed by atoms with van der Waals surface area (Å²) in [5.74, 6) is 2.51. The number of methoxy groups -OCH3 is 1. The summed E-state index contributed by atoms with van der Waals surface area (Å²) in [7, 11) is 1.70. The van der Waals surface area contributed by atoms with Crippen molar-refractivity contribution < 1.29 is 4.74 Å². The van der Waals surface area contributed by atoms with Crippen LogP contribution >= 0.6 is 0 Å². The van der Waals surface area contributed by atoms with Gasteiger partial charge in [-0.05, 0) is 25.1 Å². The van der Waals surface area contributed by atoms with E-state index >= 15 is 0 Å². The Labute approximate surface area is 172 Å². The summed E-state index contributed by atoms with van der Waals surface area (Å²) in [6.45, 7) is 6.41. The molecule has 0 amide bonds. The molecule has 2 aromatic carbocycles. The van der Waals surface area contributed by atoms with Gasteiger partial charge in [0.05, 0.1) is 7.11 Å². The Morgan fingerprint density at radius 1 is 0.897 bits per heavy atom. The molecule has 6 heteroatoms. The molecule has 2 heterocycles. The van der Waals surface area contributed by atoms with Crippen LogP contribution in [-0.2, 0) is 6.54 Å². The van der Waals surface area contributed by atoms with Crippen LogP contribution in [0.1, 0.15) is 11.3 Å². The van der Waals surface area contributed by atoms with E-state index in [1.807, 2.05) is 31.2 Å². The molecule has 1 aliphatic rings. The first-order valence-electron chi connectivity index (χ1n) is 9.99. The van der Waals surface area contributed by atoms with Gasteiger partial charge in [-0.1, -0.05) is 36.4 Å². The van der Waals surface area contributed by atoms with E-state index in [1.54, 1.807) is 7.11 Å². The molecule has 1 aliphatic heterocycles. The average molecular weight is 390 g/mol. The fraction of sp³-hybridized carbons (Fsp3) is 0.304. The van der Waals surface area contributed by atoms with Crippen LogP contribution in [0.4, 0.5) is 17.5 Å². The monoisotopic (exact) mass is 389 g/mol. The first-order chi connectivity index (χ1) is 14.2. The summed E-state index contributed by atoms with van der Waals surface area (Å²) in [6.07, 6.45) is 0. The third-order valence-corrected chi connectivity index (χ3v) is 5.18. The number of nitrogens with one attached hydrogen (secondary N) is 1. The van der Waals surface area contributed by atoms with Gasteiger partial charge in [0, 0.05) is 55.7 Å². The van der Waals surface area contributed by atoms with Crippen LogP contribution in [0, 0.1) is 6.92 Å². The highest BCUT2D eigenvalue weighted by Gasteiger charge is 2.20. The van der Waals surface area contributed by atoms with Crippen molar-refractivity contribution in [1.29, 1.82) is 0 Å². The van der Waals surface area contributed by atoms with Crippen molar-refractivity contribution in [2.24, 2.45) is 0 Å². The normalized spacial score (nSPS) is 14.0. The smallest absolute Gasteiger partial charge is 0.227 e. The summed E-state index contributed by atoms with van der Waals surface area (Å²) in [5.41, 5.74) is 3.34. The number of nitrogens with zero attached hydrogens (tertiary/aromatic N) is 4. The van der Waals surface area contributed by atoms with Crippen molar-refractivity contribution in [3.8, 4) is 5.75 Å². The molecular formula is C23H27N5O. The van der Waals surface area contributed by atoms with E-state index in [-0.39, 0.29) is 0 Å². The molecule has 29 heavy (non-hydrogen) atoms. The van der Waals surface area contributed by atoms with Gasteiger partial charge in [-0.2, -0.15) is 4.98 Å². The highest BCUT2D eigenvalue weighted by molar-refractivity contribution is 5.50. The first-order valence-corrected chi connectivity index (χ1v) is 9.99. The summed E-state index contributed by atoms with van der Waals surface area (Å²) in [6, 6.07) is 20.6. The van der Waals surface area contributed by atoms with Crippen LogP contribution in [0.2, 0.25) is 0 Å². The van der Waals surface area contributed by atoms with Crippen molar-refractivity contribution in [1.82, 2.24) is 9.97 Å². The van der Waals surface area contributed by atoms with Gasteiger partial charge in [-0.15, -0.1) is 0 Å². The zero-order chi connectivity index (χ0) is 20.1. The Bertz CT molecular complexity index is 939. The molecule has 6 nitrogen and oxygen atoms in total. The SMILES string of the molecule is COc1ccccc1CNc1cc(C)nc(N2CCN(c3ccccc3)CC2)n1. The minimum absolute atomic E-state index is 0.654. The third-order valence-electron chi connectivity index (χ3n) is 5.18. The fourth-order valence-electron chi connectivity index (χ4n) is 3.62. The van der Waals surface area contributed by atoms with Gasteiger partial charge < -0.3 is 19.9 Å². The summed E-state index contributed by atoms with van der Waals surface area (Å²) < 4.78 is 5.44. The summed E-state index contributed by atoms with van der Waals surface area (Å²) in [5, 5.41) is 3.42. The lowest BCUT2D eigenvalue weighted by Crippen LogP contribution is -2.47. The van der Waals surface area contributed by atoms with Crippen LogP contribution in [0.3, 0.4) is 0 Å². The highest BCUT2D eigenvalue weighted by Crippen LogP contribution is 2.21. The molecular weight excluding hydrogens is 362 g/mol. The molecule has 4 rings (SSSR count). The Balaban J connectivity index is 1.42. The van der Waals surface area contributed by atoms with E-state index in [0.29, 0.717) is 6.54 Å². The maximum absolute atomic E-state index is 5.44. The van der Waals surface area contributed by atoms with Crippen molar-refractivity contribution in [2.45, 2.75) is 13.5 Å². The number of para-hydroxylation sites is 2. The van der Waals surface area contributed by atoms with E-state index in [9.17, 15) is 0 Å². The fourth-order valence-corrected chi connectivity index (χ4v) is 3.62. The van der Waals surface area contributed by atoms with Crippen molar-refractivity contribution in [2.75, 3.05) is 48.4 Å². The Morgan fingerprint density at radius 3 is 2.34 bits per heavy atom. The second-order valence-electron chi connectivity index (χ2n) is 7.17. The summed E-state index contributed by atoms with van der Waals surface area (Å²) >= 11 is 0. The molecule has 1 N–H and O–H groups in total. The molecule has 0 unspecified atom stereocenters. The van der Waals surface area contributed by atoms with Gasteiger partial charge in [-0.3, -0.25) is 0 Å². The molecule has 0 bridgehead atoms. The highest BCUT2D eigenvalue weighted by atomic mass is 16.5. The zero-order valence-electron chi connectivity index (χ0n) is 17.0. The second-order valence-corrected chi connectivity index (χ2v) is 7.17. The second kappa shape index (κ2) is 8.82.